The van der Waals surface area contributed by atoms with Crippen molar-refractivity contribution in [1.29, 1.82) is 5.26 Å². The summed E-state index contributed by atoms with van der Waals surface area (Å²) in [6, 6.07) is 2.11. The predicted octanol–water partition coefficient (Wildman–Crippen LogP) is 0.943. The van der Waals surface area contributed by atoms with Crippen molar-refractivity contribution < 1.29 is 0 Å². The van der Waals surface area contributed by atoms with E-state index < -0.39 is 0 Å². The van der Waals surface area contributed by atoms with Gasteiger partial charge in [-0.25, -0.2) is 0 Å². The Morgan fingerprint density at radius 2 is 2.33 bits per heavy atom. The van der Waals surface area contributed by atoms with Crippen LogP contribution in [0.4, 0.5) is 0 Å². The summed E-state index contributed by atoms with van der Waals surface area (Å²) in [5, 5.41) is 12.9. The molecule has 0 spiro atoms. The zero-order valence-electron chi connectivity index (χ0n) is 8.25. The highest BCUT2D eigenvalue weighted by Crippen LogP contribution is 2.18. The first-order chi connectivity index (χ1) is 7.31. The van der Waals surface area contributed by atoms with E-state index in [4.69, 9.17) is 5.26 Å². The van der Waals surface area contributed by atoms with Crippen molar-refractivity contribution in [1.82, 2.24) is 19.7 Å². The van der Waals surface area contributed by atoms with Crippen molar-refractivity contribution in [2.24, 2.45) is 7.05 Å². The molecule has 0 amide bonds. The predicted molar refractivity (Wildman–Crippen MR) is 53.6 cm³/mol. The Balaban J connectivity index is 2.49. The molecule has 0 saturated heterocycles. The van der Waals surface area contributed by atoms with Crippen LogP contribution in [0.25, 0.3) is 11.4 Å². The average molecular weight is 199 g/mol. The van der Waals surface area contributed by atoms with Crippen molar-refractivity contribution >= 4 is 0 Å². The summed E-state index contributed by atoms with van der Waals surface area (Å²) in [5.41, 5.74) is 2.30. The molecule has 2 aromatic rings. The molecule has 0 unspecified atom stereocenters. The number of hydrogen-bond acceptors (Lipinski definition) is 4. The minimum atomic E-state index is 0.333. The second-order valence-corrected chi connectivity index (χ2v) is 3.10. The molecule has 0 aliphatic heterocycles. The minimum absolute atomic E-state index is 0.333. The molecule has 2 heterocycles. The van der Waals surface area contributed by atoms with E-state index in [9.17, 15) is 0 Å². The first kappa shape index (κ1) is 9.34. The van der Waals surface area contributed by atoms with Gasteiger partial charge in [-0.2, -0.15) is 10.4 Å². The van der Waals surface area contributed by atoms with Gasteiger partial charge in [0, 0.05) is 31.2 Å². The molecule has 0 fully saturated rings. The quantitative estimate of drug-likeness (QED) is 0.722. The summed E-state index contributed by atoms with van der Waals surface area (Å²) >= 11 is 0. The van der Waals surface area contributed by atoms with E-state index in [-0.39, 0.29) is 0 Å². The third-order valence-electron chi connectivity index (χ3n) is 1.98. The fourth-order valence-corrected chi connectivity index (χ4v) is 1.39. The van der Waals surface area contributed by atoms with Crippen LogP contribution in [0.15, 0.2) is 24.8 Å². The number of hydrogen-bond donors (Lipinski definition) is 0. The molecule has 15 heavy (non-hydrogen) atoms. The summed E-state index contributed by atoms with van der Waals surface area (Å²) in [4.78, 5) is 8.13. The van der Waals surface area contributed by atoms with Crippen molar-refractivity contribution in [3.05, 3.63) is 30.4 Å². The second-order valence-electron chi connectivity index (χ2n) is 3.10. The van der Waals surface area contributed by atoms with Crippen molar-refractivity contribution in [2.75, 3.05) is 0 Å². The van der Waals surface area contributed by atoms with Gasteiger partial charge in [-0.15, -0.1) is 0 Å². The van der Waals surface area contributed by atoms with Crippen LogP contribution < -0.4 is 0 Å². The Kier molecular flexibility index (Phi) is 2.42. The van der Waals surface area contributed by atoms with Crippen molar-refractivity contribution in [3.8, 4) is 17.5 Å². The van der Waals surface area contributed by atoms with Crippen molar-refractivity contribution in [3.63, 3.8) is 0 Å². The van der Waals surface area contributed by atoms with E-state index in [1.54, 1.807) is 23.3 Å². The summed E-state index contributed by atoms with van der Waals surface area (Å²) in [5.74, 6) is 0. The Hall–Kier alpha value is -2.22. The maximum Gasteiger partial charge on any atom is 0.116 e. The maximum absolute atomic E-state index is 8.68. The average Bonchev–Trinajstić information content (AvgIpc) is 2.62. The second kappa shape index (κ2) is 3.88. The highest BCUT2D eigenvalue weighted by atomic mass is 15.3. The molecule has 0 saturated carbocycles. The molecule has 0 N–H and O–H groups in total. The fraction of sp³-hybridized carbons (Fsp3) is 0.200. The van der Waals surface area contributed by atoms with E-state index in [2.05, 4.69) is 21.1 Å². The SMILES string of the molecule is Cn1cc(CC#N)c(-c2cnccn2)n1. The van der Waals surface area contributed by atoms with Gasteiger partial charge in [0.2, 0.25) is 0 Å². The normalized spacial score (nSPS) is 9.87. The topological polar surface area (TPSA) is 67.4 Å². The van der Waals surface area contributed by atoms with Crippen LogP contribution in [0.5, 0.6) is 0 Å². The molecule has 0 radical (unpaired) electrons. The van der Waals surface area contributed by atoms with E-state index >= 15 is 0 Å². The highest BCUT2D eigenvalue weighted by molar-refractivity contribution is 5.57. The molecule has 74 valence electrons. The number of nitriles is 1. The largest absolute Gasteiger partial charge is 0.275 e. The lowest BCUT2D eigenvalue weighted by molar-refractivity contribution is 0.769. The maximum atomic E-state index is 8.68. The van der Waals surface area contributed by atoms with Crippen LogP contribution in [0.3, 0.4) is 0 Å². The first-order valence-electron chi connectivity index (χ1n) is 4.47. The van der Waals surface area contributed by atoms with Gasteiger partial charge in [0.15, 0.2) is 0 Å². The molecule has 0 atom stereocenters. The van der Waals surface area contributed by atoms with Crippen LogP contribution >= 0.6 is 0 Å². The Morgan fingerprint density at radius 1 is 1.47 bits per heavy atom. The molecule has 0 aromatic carbocycles. The molecular weight excluding hydrogens is 190 g/mol. The smallest absolute Gasteiger partial charge is 0.116 e. The lowest BCUT2D eigenvalue weighted by Gasteiger charge is -1.95. The van der Waals surface area contributed by atoms with Gasteiger partial charge in [0.1, 0.15) is 11.4 Å². The van der Waals surface area contributed by atoms with Crippen molar-refractivity contribution in [2.45, 2.75) is 6.42 Å². The minimum Gasteiger partial charge on any atom is -0.275 e. The van der Waals surface area contributed by atoms with E-state index in [1.807, 2.05) is 13.2 Å². The van der Waals surface area contributed by atoms with Crippen LogP contribution in [0, 0.1) is 11.3 Å². The molecule has 2 rings (SSSR count). The van der Waals surface area contributed by atoms with Gasteiger partial charge in [-0.05, 0) is 0 Å². The lowest BCUT2D eigenvalue weighted by atomic mass is 10.1. The number of aryl methyl sites for hydroxylation is 1. The molecular formula is C10H9N5. The lowest BCUT2D eigenvalue weighted by Crippen LogP contribution is -1.90. The van der Waals surface area contributed by atoms with Crippen LogP contribution in [-0.2, 0) is 13.5 Å². The molecule has 0 bridgehead atoms. The van der Waals surface area contributed by atoms with Gasteiger partial charge in [0.25, 0.3) is 0 Å². The summed E-state index contributed by atoms with van der Waals surface area (Å²) < 4.78 is 1.68. The van der Waals surface area contributed by atoms with Crippen LogP contribution in [0.1, 0.15) is 5.56 Å². The van der Waals surface area contributed by atoms with Crippen LogP contribution in [-0.4, -0.2) is 19.7 Å². The molecule has 0 aliphatic rings. The van der Waals surface area contributed by atoms with Gasteiger partial charge in [0.05, 0.1) is 18.7 Å². The zero-order valence-corrected chi connectivity index (χ0v) is 8.25. The zero-order chi connectivity index (χ0) is 10.7. The summed E-state index contributed by atoms with van der Waals surface area (Å²) in [6.07, 6.45) is 7.02. The number of aromatic nitrogens is 4. The molecule has 5 heteroatoms. The Labute approximate surface area is 87.0 Å². The summed E-state index contributed by atoms with van der Waals surface area (Å²) in [6.45, 7) is 0. The highest BCUT2D eigenvalue weighted by Gasteiger charge is 2.10. The Morgan fingerprint density at radius 3 is 3.00 bits per heavy atom. The Bertz CT molecular complexity index is 494. The number of rotatable bonds is 2. The van der Waals surface area contributed by atoms with E-state index in [0.717, 1.165) is 11.3 Å². The third kappa shape index (κ3) is 1.83. The van der Waals surface area contributed by atoms with Gasteiger partial charge in [-0.1, -0.05) is 0 Å². The van der Waals surface area contributed by atoms with Gasteiger partial charge in [-0.3, -0.25) is 14.6 Å². The monoisotopic (exact) mass is 199 g/mol. The van der Waals surface area contributed by atoms with E-state index in [1.165, 1.54) is 0 Å². The van der Waals surface area contributed by atoms with Gasteiger partial charge < -0.3 is 0 Å². The van der Waals surface area contributed by atoms with E-state index in [0.29, 0.717) is 12.1 Å². The molecule has 0 aliphatic carbocycles. The molecule has 5 nitrogen and oxygen atoms in total. The fourth-order valence-electron chi connectivity index (χ4n) is 1.39. The third-order valence-corrected chi connectivity index (χ3v) is 1.98. The number of nitrogens with zero attached hydrogens (tertiary/aromatic N) is 5. The standard InChI is InChI=1S/C10H9N5/c1-15-7-8(2-3-11)10(14-15)9-6-12-4-5-13-9/h4-7H,2H2,1H3. The van der Waals surface area contributed by atoms with Gasteiger partial charge >= 0.3 is 0 Å². The first-order valence-corrected chi connectivity index (χ1v) is 4.47. The molecule has 2 aromatic heterocycles. The van der Waals surface area contributed by atoms with Crippen LogP contribution in [0.2, 0.25) is 0 Å². The summed E-state index contributed by atoms with van der Waals surface area (Å²) in [7, 11) is 1.82.